The third kappa shape index (κ3) is 3.69. The van der Waals surface area contributed by atoms with Gasteiger partial charge >= 0.3 is 5.97 Å². The van der Waals surface area contributed by atoms with Crippen LogP contribution in [0.4, 0.5) is 0 Å². The van der Waals surface area contributed by atoms with Crippen LogP contribution in [0.2, 0.25) is 0 Å². The van der Waals surface area contributed by atoms with Crippen molar-refractivity contribution in [3.8, 4) is 0 Å². The largest absolute Gasteiger partial charge is 0.480 e. The molecule has 1 aliphatic carbocycles. The van der Waals surface area contributed by atoms with Crippen LogP contribution in [-0.4, -0.2) is 66.5 Å². The van der Waals surface area contributed by atoms with Gasteiger partial charge in [-0.3, -0.25) is 9.59 Å². The topological polar surface area (TPSA) is 95.0 Å². The second kappa shape index (κ2) is 5.69. The van der Waals surface area contributed by atoms with E-state index in [0.717, 1.165) is 19.1 Å². The monoisotopic (exact) mass is 304 g/mol. The molecule has 0 aromatic heterocycles. The van der Waals surface area contributed by atoms with Gasteiger partial charge in [0.15, 0.2) is 0 Å². The van der Waals surface area contributed by atoms with E-state index < -0.39 is 21.9 Å². The number of nitrogens with zero attached hydrogens (tertiary/aromatic N) is 2. The summed E-state index contributed by atoms with van der Waals surface area (Å²) in [4.78, 5) is 24.7. The molecular weight excluding hydrogens is 284 g/mol. The number of sulfonamides is 1. The molecule has 7 nitrogen and oxygen atoms in total. The van der Waals surface area contributed by atoms with E-state index in [1.54, 1.807) is 0 Å². The zero-order valence-electron chi connectivity index (χ0n) is 11.5. The molecule has 0 radical (unpaired) electrons. The molecule has 0 aromatic rings. The predicted octanol–water partition coefficient (Wildman–Crippen LogP) is -0.266. The lowest BCUT2D eigenvalue weighted by Crippen LogP contribution is -2.48. The lowest BCUT2D eigenvalue weighted by atomic mass is 9.98. The molecule has 1 aliphatic heterocycles. The van der Waals surface area contributed by atoms with E-state index in [-0.39, 0.29) is 25.0 Å². The van der Waals surface area contributed by atoms with Crippen molar-refractivity contribution >= 4 is 21.9 Å². The van der Waals surface area contributed by atoms with E-state index in [0.29, 0.717) is 19.4 Å². The summed E-state index contributed by atoms with van der Waals surface area (Å²) >= 11 is 0. The number of piperidine rings is 1. The highest BCUT2D eigenvalue weighted by atomic mass is 32.2. The molecule has 1 amide bonds. The average Bonchev–Trinajstić information content (AvgIpc) is 3.18. The van der Waals surface area contributed by atoms with Gasteiger partial charge in [-0.1, -0.05) is 0 Å². The van der Waals surface area contributed by atoms with Crippen molar-refractivity contribution in [2.45, 2.75) is 31.7 Å². The van der Waals surface area contributed by atoms with Gasteiger partial charge in [-0.2, -0.15) is 0 Å². The smallest absolute Gasteiger partial charge is 0.323 e. The number of hydrogen-bond donors (Lipinski definition) is 1. The Morgan fingerprint density at radius 3 is 2.45 bits per heavy atom. The van der Waals surface area contributed by atoms with E-state index >= 15 is 0 Å². The fraction of sp³-hybridized carbons (Fsp3) is 0.833. The maximum atomic E-state index is 12.4. The summed E-state index contributed by atoms with van der Waals surface area (Å²) in [6.07, 6.45) is 4.06. The van der Waals surface area contributed by atoms with Crippen LogP contribution in [0.1, 0.15) is 25.7 Å². The highest BCUT2D eigenvalue weighted by Crippen LogP contribution is 2.30. The van der Waals surface area contributed by atoms with Crippen molar-refractivity contribution in [1.82, 2.24) is 9.21 Å². The Morgan fingerprint density at radius 1 is 1.30 bits per heavy atom. The SMILES string of the molecule is CS(=O)(=O)N1CCC[C@H](C(=O)N(CC(=O)O)C2CC2)C1. The maximum absolute atomic E-state index is 12.4. The molecule has 2 rings (SSSR count). The number of rotatable bonds is 5. The summed E-state index contributed by atoms with van der Waals surface area (Å²) in [5.74, 6) is -1.66. The van der Waals surface area contributed by atoms with Crippen LogP contribution in [0.15, 0.2) is 0 Å². The van der Waals surface area contributed by atoms with Crippen LogP contribution in [-0.2, 0) is 19.6 Å². The minimum absolute atomic E-state index is 0.0206. The summed E-state index contributed by atoms with van der Waals surface area (Å²) in [5, 5.41) is 8.89. The number of carbonyl (C=O) groups excluding carboxylic acids is 1. The fourth-order valence-electron chi connectivity index (χ4n) is 2.60. The first kappa shape index (κ1) is 15.2. The molecular formula is C12H20N2O5S. The van der Waals surface area contributed by atoms with Gasteiger partial charge < -0.3 is 10.0 Å². The number of carboxylic acid groups (broad SMARTS) is 1. The van der Waals surface area contributed by atoms with Crippen molar-refractivity contribution in [3.63, 3.8) is 0 Å². The molecule has 20 heavy (non-hydrogen) atoms. The molecule has 2 aliphatic rings. The molecule has 0 bridgehead atoms. The number of amides is 1. The molecule has 1 heterocycles. The maximum Gasteiger partial charge on any atom is 0.323 e. The van der Waals surface area contributed by atoms with Gasteiger partial charge in [0.25, 0.3) is 0 Å². The molecule has 1 saturated carbocycles. The van der Waals surface area contributed by atoms with Gasteiger partial charge in [0.2, 0.25) is 15.9 Å². The number of carbonyl (C=O) groups is 2. The Morgan fingerprint density at radius 2 is 1.95 bits per heavy atom. The zero-order chi connectivity index (χ0) is 14.9. The number of carboxylic acids is 1. The minimum atomic E-state index is -3.30. The van der Waals surface area contributed by atoms with E-state index in [4.69, 9.17) is 5.11 Å². The first-order valence-corrected chi connectivity index (χ1v) is 8.61. The van der Waals surface area contributed by atoms with E-state index in [1.807, 2.05) is 0 Å². The quantitative estimate of drug-likeness (QED) is 0.754. The van der Waals surface area contributed by atoms with Gasteiger partial charge in [0.05, 0.1) is 12.2 Å². The highest BCUT2D eigenvalue weighted by molar-refractivity contribution is 7.88. The number of aliphatic carboxylic acids is 1. The Kier molecular flexibility index (Phi) is 4.33. The first-order chi connectivity index (χ1) is 9.29. The molecule has 1 saturated heterocycles. The normalized spacial score (nSPS) is 24.4. The van der Waals surface area contributed by atoms with E-state index in [9.17, 15) is 18.0 Å². The van der Waals surface area contributed by atoms with Crippen LogP contribution in [0.5, 0.6) is 0 Å². The van der Waals surface area contributed by atoms with E-state index in [2.05, 4.69) is 0 Å². The molecule has 0 unspecified atom stereocenters. The second-order valence-corrected chi connectivity index (χ2v) is 7.53. The molecule has 1 N–H and O–H groups in total. The Hall–Kier alpha value is -1.15. The molecule has 0 aromatic carbocycles. The van der Waals surface area contributed by atoms with E-state index in [1.165, 1.54) is 9.21 Å². The zero-order valence-corrected chi connectivity index (χ0v) is 12.3. The van der Waals surface area contributed by atoms with Crippen LogP contribution in [0.25, 0.3) is 0 Å². The lowest BCUT2D eigenvalue weighted by Gasteiger charge is -2.33. The Labute approximate surface area is 118 Å². The number of hydrogen-bond acceptors (Lipinski definition) is 4. The predicted molar refractivity (Wildman–Crippen MR) is 71.5 cm³/mol. The fourth-order valence-corrected chi connectivity index (χ4v) is 3.51. The van der Waals surface area contributed by atoms with Crippen molar-refractivity contribution in [1.29, 1.82) is 0 Å². The summed E-state index contributed by atoms with van der Waals surface area (Å²) < 4.78 is 24.4. The summed E-state index contributed by atoms with van der Waals surface area (Å²) in [6.45, 7) is 0.310. The summed E-state index contributed by atoms with van der Waals surface area (Å²) in [5.41, 5.74) is 0. The van der Waals surface area contributed by atoms with Crippen molar-refractivity contribution in [2.75, 3.05) is 25.9 Å². The van der Waals surface area contributed by atoms with Crippen molar-refractivity contribution in [3.05, 3.63) is 0 Å². The lowest BCUT2D eigenvalue weighted by molar-refractivity contribution is -0.147. The summed E-state index contributed by atoms with van der Waals surface area (Å²) in [7, 11) is -3.30. The Balaban J connectivity index is 2.05. The Bertz CT molecular complexity index is 500. The van der Waals surface area contributed by atoms with Gasteiger partial charge in [0.1, 0.15) is 6.54 Å². The van der Waals surface area contributed by atoms with Gasteiger partial charge in [-0.15, -0.1) is 0 Å². The van der Waals surface area contributed by atoms with Gasteiger partial charge in [-0.25, -0.2) is 12.7 Å². The van der Waals surface area contributed by atoms with Crippen molar-refractivity contribution in [2.24, 2.45) is 5.92 Å². The third-order valence-electron chi connectivity index (χ3n) is 3.78. The standard InChI is InChI=1S/C12H20N2O5S/c1-20(18,19)13-6-2-3-9(7-13)12(17)14(8-11(15)16)10-4-5-10/h9-10H,2-8H2,1H3,(H,15,16)/t9-/m0/s1. The molecule has 1 atom stereocenters. The molecule has 0 spiro atoms. The molecule has 8 heteroatoms. The molecule has 2 fully saturated rings. The van der Waals surface area contributed by atoms with Gasteiger partial charge in [0, 0.05) is 19.1 Å². The van der Waals surface area contributed by atoms with Crippen molar-refractivity contribution < 1.29 is 23.1 Å². The van der Waals surface area contributed by atoms with Crippen LogP contribution >= 0.6 is 0 Å². The third-order valence-corrected chi connectivity index (χ3v) is 5.05. The average molecular weight is 304 g/mol. The second-order valence-electron chi connectivity index (χ2n) is 5.55. The minimum Gasteiger partial charge on any atom is -0.480 e. The van der Waals surface area contributed by atoms with Crippen LogP contribution in [0, 0.1) is 5.92 Å². The van der Waals surface area contributed by atoms with Gasteiger partial charge in [-0.05, 0) is 25.7 Å². The summed E-state index contributed by atoms with van der Waals surface area (Å²) in [6, 6.07) is 0.0206. The van der Waals surface area contributed by atoms with Crippen LogP contribution < -0.4 is 0 Å². The molecule has 114 valence electrons. The first-order valence-electron chi connectivity index (χ1n) is 6.76. The van der Waals surface area contributed by atoms with Crippen LogP contribution in [0.3, 0.4) is 0 Å². The highest BCUT2D eigenvalue weighted by Gasteiger charge is 2.39.